The summed E-state index contributed by atoms with van der Waals surface area (Å²) in [6, 6.07) is 6.18. The van der Waals surface area contributed by atoms with Crippen molar-refractivity contribution in [3.63, 3.8) is 0 Å². The first-order valence-electron chi connectivity index (χ1n) is 11.6. The number of hydrogen-bond acceptors (Lipinski definition) is 6. The van der Waals surface area contributed by atoms with Crippen LogP contribution in [-0.2, 0) is 14.0 Å². The van der Waals surface area contributed by atoms with Gasteiger partial charge in [0.05, 0.1) is 30.4 Å². The molecule has 0 unspecified atom stereocenters. The first kappa shape index (κ1) is 27.0. The molecule has 0 bridgehead atoms. The molecule has 0 aromatic heterocycles. The van der Waals surface area contributed by atoms with E-state index in [1.807, 2.05) is 6.92 Å². The maximum Gasteiger partial charge on any atom is 0.333 e. The fourth-order valence-corrected chi connectivity index (χ4v) is 10.7. The van der Waals surface area contributed by atoms with Gasteiger partial charge in [-0.25, -0.2) is 15.2 Å². The predicted molar refractivity (Wildman–Crippen MR) is 131 cm³/mol. The lowest BCUT2D eigenvalue weighted by Gasteiger charge is -2.45. The molecule has 1 heterocycles. The average molecular weight is 475 g/mol. The molecule has 2 rings (SSSR count). The van der Waals surface area contributed by atoms with Gasteiger partial charge in [-0.05, 0) is 42.1 Å². The van der Waals surface area contributed by atoms with E-state index in [4.69, 9.17) is 9.16 Å². The highest BCUT2D eigenvalue weighted by atomic mass is 28.4. The van der Waals surface area contributed by atoms with Gasteiger partial charge in [-0.1, -0.05) is 60.3 Å². The zero-order valence-corrected chi connectivity index (χ0v) is 22.1. The Kier molecular flexibility index (Phi) is 8.79. The summed E-state index contributed by atoms with van der Waals surface area (Å²) >= 11 is 0. The Bertz CT molecular complexity index is 855. The number of fused-ring (bicyclic) bond motifs is 1. The number of esters is 1. The lowest BCUT2D eigenvalue weighted by atomic mass is 10.0. The molecular formula is C25H38N2O5Si. The molecule has 0 aliphatic carbocycles. The van der Waals surface area contributed by atoms with Gasteiger partial charge in [0.15, 0.2) is 0 Å². The number of ether oxygens (including phenoxy) is 1. The summed E-state index contributed by atoms with van der Waals surface area (Å²) in [5, 5.41) is 1.03. The molecule has 1 aliphatic heterocycles. The molecule has 2 amide bonds. The molecule has 0 saturated heterocycles. The maximum atomic E-state index is 12.9. The molecule has 0 fully saturated rings. The molecule has 1 aromatic rings. The van der Waals surface area contributed by atoms with Crippen LogP contribution in [-0.4, -0.2) is 50.4 Å². The van der Waals surface area contributed by atoms with Crippen LogP contribution >= 0.6 is 0 Å². The summed E-state index contributed by atoms with van der Waals surface area (Å²) in [6.07, 6.45) is -0.227. The summed E-state index contributed by atoms with van der Waals surface area (Å²) in [5.74, 6) is -1.37. The van der Waals surface area contributed by atoms with Gasteiger partial charge in [-0.15, -0.1) is 0 Å². The minimum atomic E-state index is -2.27. The Labute approximate surface area is 198 Å². The maximum absolute atomic E-state index is 12.9. The Morgan fingerprint density at radius 3 is 1.82 bits per heavy atom. The van der Waals surface area contributed by atoms with Crippen molar-refractivity contribution in [1.29, 1.82) is 0 Å². The van der Waals surface area contributed by atoms with Gasteiger partial charge < -0.3 is 9.16 Å². The number of hydrazine groups is 1. The highest BCUT2D eigenvalue weighted by Gasteiger charge is 2.47. The standard InChI is InChI=1S/C25H38N2O5Si/c1-15(2)33(16(3)4,17(5)6)32-19(8)22(14-18(7)25(30)31-9)26-27-23(28)20-12-10-11-13-21(20)24(27)29/h10-13,15-17,19,22,26H,7,14H2,1-6,8-9H3/t19-,22+/m1/s1. The summed E-state index contributed by atoms with van der Waals surface area (Å²) in [6.45, 7) is 18.9. The van der Waals surface area contributed by atoms with Gasteiger partial charge in [0.2, 0.25) is 8.32 Å². The van der Waals surface area contributed by atoms with Crippen LogP contribution in [0.1, 0.15) is 75.6 Å². The molecule has 8 heteroatoms. The Morgan fingerprint density at radius 2 is 1.42 bits per heavy atom. The second-order valence-electron chi connectivity index (χ2n) is 9.67. The summed E-state index contributed by atoms with van der Waals surface area (Å²) in [7, 11) is -0.968. The second kappa shape index (κ2) is 10.8. The number of nitrogens with zero attached hydrogens (tertiary/aromatic N) is 1. The van der Waals surface area contributed by atoms with Crippen LogP contribution in [0.2, 0.25) is 16.6 Å². The van der Waals surface area contributed by atoms with E-state index in [0.29, 0.717) is 27.8 Å². The van der Waals surface area contributed by atoms with Crippen molar-refractivity contribution in [2.75, 3.05) is 7.11 Å². The van der Waals surface area contributed by atoms with Crippen LogP contribution in [0.4, 0.5) is 0 Å². The molecule has 1 aliphatic rings. The third-order valence-corrected chi connectivity index (χ3v) is 12.9. The zero-order chi connectivity index (χ0) is 25.1. The van der Waals surface area contributed by atoms with E-state index < -0.39 is 38.2 Å². The van der Waals surface area contributed by atoms with Gasteiger partial charge in [-0.3, -0.25) is 9.59 Å². The number of benzene rings is 1. The quantitative estimate of drug-likeness (QED) is 0.213. The molecule has 2 atom stereocenters. The fraction of sp³-hybridized carbons (Fsp3) is 0.560. The van der Waals surface area contributed by atoms with Crippen molar-refractivity contribution < 1.29 is 23.5 Å². The van der Waals surface area contributed by atoms with E-state index >= 15 is 0 Å². The molecule has 182 valence electrons. The van der Waals surface area contributed by atoms with Gasteiger partial charge in [0.25, 0.3) is 11.8 Å². The molecule has 33 heavy (non-hydrogen) atoms. The van der Waals surface area contributed by atoms with E-state index in [1.54, 1.807) is 24.3 Å². The number of rotatable bonds is 11. The van der Waals surface area contributed by atoms with Gasteiger partial charge in [0, 0.05) is 5.57 Å². The smallest absolute Gasteiger partial charge is 0.333 e. The van der Waals surface area contributed by atoms with Crippen molar-refractivity contribution in [3.05, 3.63) is 47.5 Å². The van der Waals surface area contributed by atoms with Crippen molar-refractivity contribution >= 4 is 26.1 Å². The number of nitrogens with one attached hydrogen (secondary N) is 1. The summed E-state index contributed by atoms with van der Waals surface area (Å²) in [4.78, 5) is 38.0. The monoisotopic (exact) mass is 474 g/mol. The topological polar surface area (TPSA) is 84.9 Å². The van der Waals surface area contributed by atoms with Gasteiger partial charge in [0.1, 0.15) is 0 Å². The van der Waals surface area contributed by atoms with Crippen LogP contribution in [0.5, 0.6) is 0 Å². The number of amides is 2. The average Bonchev–Trinajstić information content (AvgIpc) is 3.00. The second-order valence-corrected chi connectivity index (χ2v) is 15.1. The van der Waals surface area contributed by atoms with Crippen molar-refractivity contribution in [2.45, 2.75) is 83.7 Å². The molecular weight excluding hydrogens is 436 g/mol. The molecule has 0 radical (unpaired) electrons. The largest absolute Gasteiger partial charge is 0.466 e. The van der Waals surface area contributed by atoms with E-state index in [-0.39, 0.29) is 12.0 Å². The van der Waals surface area contributed by atoms with Crippen molar-refractivity contribution in [3.8, 4) is 0 Å². The lowest BCUT2D eigenvalue weighted by molar-refractivity contribution is -0.136. The molecule has 0 spiro atoms. The van der Waals surface area contributed by atoms with Gasteiger partial charge in [-0.2, -0.15) is 0 Å². The van der Waals surface area contributed by atoms with Crippen LogP contribution < -0.4 is 5.43 Å². The SMILES string of the molecule is C=C(C[C@H](NN1C(=O)c2ccccc2C1=O)[C@@H](C)O[Si](C(C)C)(C(C)C)C(C)C)C(=O)OC. The van der Waals surface area contributed by atoms with Crippen molar-refractivity contribution in [2.24, 2.45) is 0 Å². The Morgan fingerprint density at radius 1 is 0.970 bits per heavy atom. The molecule has 0 saturated carbocycles. The van der Waals surface area contributed by atoms with Crippen LogP contribution in [0.15, 0.2) is 36.4 Å². The fourth-order valence-electron chi connectivity index (χ4n) is 5.09. The third kappa shape index (κ3) is 5.28. The minimum absolute atomic E-state index is 0.167. The molecule has 1 N–H and O–H groups in total. The van der Waals surface area contributed by atoms with Crippen LogP contribution in [0.3, 0.4) is 0 Å². The number of imide groups is 1. The highest BCUT2D eigenvalue weighted by molar-refractivity contribution is 6.77. The number of carbonyl (C=O) groups is 3. The predicted octanol–water partition coefficient (Wildman–Crippen LogP) is 4.86. The van der Waals surface area contributed by atoms with E-state index in [2.05, 4.69) is 53.5 Å². The Balaban J connectivity index is 2.38. The van der Waals surface area contributed by atoms with Crippen LogP contribution in [0, 0.1) is 0 Å². The van der Waals surface area contributed by atoms with Gasteiger partial charge >= 0.3 is 5.97 Å². The summed E-state index contributed by atoms with van der Waals surface area (Å²) < 4.78 is 11.7. The third-order valence-electron chi connectivity index (χ3n) is 6.69. The first-order chi connectivity index (χ1) is 15.4. The number of methoxy groups -OCH3 is 1. The lowest BCUT2D eigenvalue weighted by Crippen LogP contribution is -2.57. The summed E-state index contributed by atoms with van der Waals surface area (Å²) in [5.41, 5.74) is 5.07. The molecule has 7 nitrogen and oxygen atoms in total. The van der Waals surface area contributed by atoms with E-state index in [1.165, 1.54) is 7.11 Å². The van der Waals surface area contributed by atoms with E-state index in [9.17, 15) is 14.4 Å². The van der Waals surface area contributed by atoms with Crippen molar-refractivity contribution in [1.82, 2.24) is 10.4 Å². The minimum Gasteiger partial charge on any atom is -0.466 e. The highest BCUT2D eigenvalue weighted by Crippen LogP contribution is 2.43. The normalized spacial score (nSPS) is 15.9. The first-order valence-corrected chi connectivity index (χ1v) is 13.7. The van der Waals surface area contributed by atoms with E-state index in [0.717, 1.165) is 5.01 Å². The molecule has 1 aromatic carbocycles. The number of hydrogen-bond donors (Lipinski definition) is 1. The Hall–Kier alpha value is -2.29. The van der Waals surface area contributed by atoms with Crippen LogP contribution in [0.25, 0.3) is 0 Å². The zero-order valence-electron chi connectivity index (χ0n) is 21.1. The number of carbonyl (C=O) groups excluding carboxylic acids is 3.